The summed E-state index contributed by atoms with van der Waals surface area (Å²) in [5.41, 5.74) is 1.84. The Hall–Kier alpha value is -0.740. The van der Waals surface area contributed by atoms with E-state index in [1.54, 1.807) is 20.8 Å². The van der Waals surface area contributed by atoms with Gasteiger partial charge in [-0.2, -0.15) is 0 Å². The summed E-state index contributed by atoms with van der Waals surface area (Å²) >= 11 is 0. The van der Waals surface area contributed by atoms with E-state index in [-0.39, 0.29) is 11.8 Å². The molecular formula is C27H44F2O2. The van der Waals surface area contributed by atoms with E-state index in [4.69, 9.17) is 0 Å². The molecule has 0 spiro atoms. The number of halogens is 2. The zero-order valence-electron chi connectivity index (χ0n) is 20.3. The average molecular weight is 439 g/mol. The van der Waals surface area contributed by atoms with Crippen molar-refractivity contribution in [1.29, 1.82) is 0 Å². The minimum atomic E-state index is -2.63. The lowest BCUT2D eigenvalue weighted by Gasteiger charge is -2.44. The van der Waals surface area contributed by atoms with E-state index < -0.39 is 23.5 Å². The molecule has 0 aromatic heterocycles. The molecule has 3 aliphatic carbocycles. The number of aliphatic hydroxyl groups is 2. The van der Waals surface area contributed by atoms with Gasteiger partial charge in [0, 0.05) is 11.8 Å². The first kappa shape index (κ1) is 24.9. The van der Waals surface area contributed by atoms with Gasteiger partial charge in [0.25, 0.3) is 5.92 Å². The highest BCUT2D eigenvalue weighted by Crippen LogP contribution is 2.60. The molecule has 0 bridgehead atoms. The monoisotopic (exact) mass is 438 g/mol. The molecule has 0 radical (unpaired) electrons. The van der Waals surface area contributed by atoms with Gasteiger partial charge in [-0.25, -0.2) is 8.78 Å². The van der Waals surface area contributed by atoms with Gasteiger partial charge < -0.3 is 10.2 Å². The zero-order valence-corrected chi connectivity index (χ0v) is 20.3. The Kier molecular flexibility index (Phi) is 7.43. The highest BCUT2D eigenvalue weighted by molar-refractivity contribution is 5.26. The molecule has 2 N–H and O–H groups in total. The number of hydrogen-bond donors (Lipinski definition) is 2. The molecule has 0 aromatic rings. The third kappa shape index (κ3) is 5.43. The van der Waals surface area contributed by atoms with Gasteiger partial charge in [-0.3, -0.25) is 0 Å². The van der Waals surface area contributed by atoms with Crippen LogP contribution in [0.2, 0.25) is 0 Å². The summed E-state index contributed by atoms with van der Waals surface area (Å²) in [6.45, 7) is 9.52. The van der Waals surface area contributed by atoms with Gasteiger partial charge in [0.15, 0.2) is 0 Å². The molecule has 3 fully saturated rings. The summed E-state index contributed by atoms with van der Waals surface area (Å²) in [6.07, 6.45) is 11.6. The predicted molar refractivity (Wildman–Crippen MR) is 123 cm³/mol. The average Bonchev–Trinajstić information content (AvgIpc) is 3.00. The number of allylic oxidation sites excluding steroid dienone is 3. The van der Waals surface area contributed by atoms with E-state index in [9.17, 15) is 19.0 Å². The van der Waals surface area contributed by atoms with E-state index in [1.807, 2.05) is 0 Å². The first-order valence-corrected chi connectivity index (χ1v) is 12.5. The summed E-state index contributed by atoms with van der Waals surface area (Å²) in [5, 5.41) is 19.9. The van der Waals surface area contributed by atoms with Crippen LogP contribution in [0, 0.1) is 28.6 Å². The molecule has 0 aromatic carbocycles. The maximum Gasteiger partial charge on any atom is 0.252 e. The van der Waals surface area contributed by atoms with Crippen LogP contribution in [0.3, 0.4) is 0 Å². The number of hydrogen-bond acceptors (Lipinski definition) is 2. The van der Waals surface area contributed by atoms with Gasteiger partial charge in [-0.1, -0.05) is 57.9 Å². The Morgan fingerprint density at radius 2 is 1.74 bits per heavy atom. The molecule has 0 saturated heterocycles. The van der Waals surface area contributed by atoms with Crippen LogP contribution in [0.4, 0.5) is 8.78 Å². The topological polar surface area (TPSA) is 40.5 Å². The number of rotatable bonds is 5. The van der Waals surface area contributed by atoms with Gasteiger partial charge in [0.05, 0.1) is 12.2 Å². The van der Waals surface area contributed by atoms with Gasteiger partial charge >= 0.3 is 0 Å². The molecule has 0 amide bonds. The molecule has 3 aliphatic rings. The standard InChI is InChI=1S/C27H44F2O2/c1-18(12-14-27(28,29)25(2,3)4)23-10-11-24-20(7-6-13-26(23,24)5)9-8-19-15-21(30)17-22(31)16-19/h8-9,18,21-24,30-31H,6-7,10-17H2,1-5H3/b20-9+/t18-,21+,22+,23?,24?,26+/m0/s1. The second kappa shape index (κ2) is 9.25. The van der Waals surface area contributed by atoms with Crippen molar-refractivity contribution in [2.75, 3.05) is 0 Å². The summed E-state index contributed by atoms with van der Waals surface area (Å²) in [4.78, 5) is 0. The molecule has 178 valence electrons. The maximum absolute atomic E-state index is 14.5. The second-order valence-corrected chi connectivity index (χ2v) is 12.1. The van der Waals surface area contributed by atoms with E-state index >= 15 is 0 Å². The molecule has 0 heterocycles. The van der Waals surface area contributed by atoms with Crippen molar-refractivity contribution in [2.24, 2.45) is 28.6 Å². The third-order valence-electron chi connectivity index (χ3n) is 8.81. The van der Waals surface area contributed by atoms with E-state index in [0.29, 0.717) is 43.4 Å². The molecule has 31 heavy (non-hydrogen) atoms. The Balaban J connectivity index is 1.69. The molecular weight excluding hydrogens is 394 g/mol. The smallest absolute Gasteiger partial charge is 0.252 e. The van der Waals surface area contributed by atoms with Crippen molar-refractivity contribution < 1.29 is 19.0 Å². The fourth-order valence-electron chi connectivity index (χ4n) is 6.73. The molecule has 2 unspecified atom stereocenters. The minimum Gasteiger partial charge on any atom is -0.393 e. The SMILES string of the molecule is C[C@@H](CCC(F)(F)C(C)(C)C)C1CCC2/C(=C/C=C3C[C@@H](O)C[C@H](O)C3)CCC[C@@]21C. The van der Waals surface area contributed by atoms with Crippen molar-refractivity contribution in [3.05, 3.63) is 23.3 Å². The highest BCUT2D eigenvalue weighted by atomic mass is 19.3. The van der Waals surface area contributed by atoms with Crippen molar-refractivity contribution in [3.8, 4) is 0 Å². The lowest BCUT2D eigenvalue weighted by Crippen LogP contribution is -2.38. The quantitative estimate of drug-likeness (QED) is 0.482. The lowest BCUT2D eigenvalue weighted by atomic mass is 9.60. The minimum absolute atomic E-state index is 0.0195. The van der Waals surface area contributed by atoms with Crippen molar-refractivity contribution >= 4 is 0 Å². The number of fused-ring (bicyclic) bond motifs is 1. The third-order valence-corrected chi connectivity index (χ3v) is 8.81. The van der Waals surface area contributed by atoms with Crippen molar-refractivity contribution in [2.45, 2.75) is 117 Å². The summed E-state index contributed by atoms with van der Waals surface area (Å²) < 4.78 is 29.1. The largest absolute Gasteiger partial charge is 0.393 e. The van der Waals surface area contributed by atoms with Gasteiger partial charge in [-0.15, -0.1) is 0 Å². The Bertz CT molecular complexity index is 678. The molecule has 3 saturated carbocycles. The van der Waals surface area contributed by atoms with Gasteiger partial charge in [-0.05, 0) is 81.0 Å². The highest BCUT2D eigenvalue weighted by Gasteiger charge is 2.51. The molecule has 6 atom stereocenters. The van der Waals surface area contributed by atoms with Crippen LogP contribution in [-0.2, 0) is 0 Å². The number of alkyl halides is 2. The van der Waals surface area contributed by atoms with Crippen LogP contribution in [0.15, 0.2) is 23.3 Å². The summed E-state index contributed by atoms with van der Waals surface area (Å²) in [7, 11) is 0. The van der Waals surface area contributed by atoms with Gasteiger partial charge in [0.1, 0.15) is 0 Å². The van der Waals surface area contributed by atoms with Gasteiger partial charge in [0.2, 0.25) is 0 Å². The van der Waals surface area contributed by atoms with Crippen molar-refractivity contribution in [3.63, 3.8) is 0 Å². The molecule has 0 aliphatic heterocycles. The van der Waals surface area contributed by atoms with Crippen LogP contribution >= 0.6 is 0 Å². The van der Waals surface area contributed by atoms with Crippen LogP contribution in [-0.4, -0.2) is 28.3 Å². The van der Waals surface area contributed by atoms with Crippen LogP contribution < -0.4 is 0 Å². The van der Waals surface area contributed by atoms with Crippen LogP contribution in [0.1, 0.15) is 98.8 Å². The first-order valence-electron chi connectivity index (χ1n) is 12.5. The molecule has 3 rings (SSSR count). The van der Waals surface area contributed by atoms with E-state index in [2.05, 4.69) is 26.0 Å². The normalized spacial score (nSPS) is 37.1. The predicted octanol–water partition coefficient (Wildman–Crippen LogP) is 7.06. The zero-order chi connectivity index (χ0) is 23.0. The maximum atomic E-state index is 14.5. The summed E-state index contributed by atoms with van der Waals surface area (Å²) in [6, 6.07) is 0. The lowest BCUT2D eigenvalue weighted by molar-refractivity contribution is -0.108. The van der Waals surface area contributed by atoms with Crippen LogP contribution in [0.5, 0.6) is 0 Å². The number of aliphatic hydroxyl groups excluding tert-OH is 2. The second-order valence-electron chi connectivity index (χ2n) is 12.1. The molecule has 2 nitrogen and oxygen atoms in total. The van der Waals surface area contributed by atoms with Crippen molar-refractivity contribution in [1.82, 2.24) is 0 Å². The fourth-order valence-corrected chi connectivity index (χ4v) is 6.73. The fraction of sp³-hybridized carbons (Fsp3) is 0.852. The molecule has 4 heteroatoms. The Morgan fingerprint density at radius 1 is 1.10 bits per heavy atom. The first-order chi connectivity index (χ1) is 14.3. The van der Waals surface area contributed by atoms with Crippen LogP contribution in [0.25, 0.3) is 0 Å². The Morgan fingerprint density at radius 3 is 2.35 bits per heavy atom. The Labute approximate surface area is 188 Å². The van der Waals surface area contributed by atoms with E-state index in [1.165, 1.54) is 12.0 Å². The van der Waals surface area contributed by atoms with E-state index in [0.717, 1.165) is 31.3 Å². The summed E-state index contributed by atoms with van der Waals surface area (Å²) in [5.74, 6) is -1.28.